The summed E-state index contributed by atoms with van der Waals surface area (Å²) in [4.78, 5) is 0. The second-order valence-electron chi connectivity index (χ2n) is 20.7. The van der Waals surface area contributed by atoms with Crippen LogP contribution in [-0.4, -0.2) is 176 Å². The van der Waals surface area contributed by atoms with Gasteiger partial charge in [-0.15, -0.1) is 0 Å². The van der Waals surface area contributed by atoms with Gasteiger partial charge in [0.1, 0.15) is 66.6 Å². The Bertz CT molecular complexity index is 1520. The topological polar surface area (TPSA) is 256 Å². The van der Waals surface area contributed by atoms with Gasteiger partial charge in [-0.1, -0.05) is 27.7 Å². The Balaban J connectivity index is 0.896. The Hall–Kier alpha value is -0.680. The lowest BCUT2D eigenvalue weighted by molar-refractivity contribution is -0.382. The number of aliphatic hydroxyl groups is 9. The molecule has 0 amide bonds. The van der Waals surface area contributed by atoms with Crippen molar-refractivity contribution in [1.82, 2.24) is 0 Å². The number of fused-ring (bicyclic) bond motifs is 7. The van der Waals surface area contributed by atoms with Gasteiger partial charge in [0.15, 0.2) is 24.7 Å². The van der Waals surface area contributed by atoms with Gasteiger partial charge in [0.2, 0.25) is 0 Å². The molecule has 9 aliphatic rings. The summed E-state index contributed by atoms with van der Waals surface area (Å²) in [5.74, 6) is 1.25. The maximum absolute atomic E-state index is 12.8. The Labute approximate surface area is 351 Å². The van der Waals surface area contributed by atoms with E-state index in [0.29, 0.717) is 42.6 Å². The van der Waals surface area contributed by atoms with E-state index in [-0.39, 0.29) is 42.2 Å². The molecule has 9 fully saturated rings. The van der Waals surface area contributed by atoms with Gasteiger partial charge in [-0.25, -0.2) is 0 Å². The van der Waals surface area contributed by atoms with Gasteiger partial charge in [-0.3, -0.25) is 0 Å². The van der Waals surface area contributed by atoms with Gasteiger partial charge in [-0.05, 0) is 92.8 Å². The van der Waals surface area contributed by atoms with E-state index in [9.17, 15) is 46.0 Å². The van der Waals surface area contributed by atoms with Crippen LogP contribution in [0.3, 0.4) is 0 Å². The highest BCUT2D eigenvalue weighted by Crippen LogP contribution is 2.72. The standard InChI is InChI=1S/C43H70O17/c1-19-7-12-42(55-16-19)20(2)43(52)29(60-42)14-25-23-6-5-21-13-22(8-10-40(21,3)24(23)9-11-41(25,43)4)56-39-36(59-38-33(50)31(48)27(46)18-54-38)34(51)35(28(15-44)57-39)58-37-32(49)30(47)26(45)17-53-37/h19-39,44-52H,5-18H2,1-4H3/t19-,20+,21+,22-,23+,24-,25-,26+,27+,28+,29-,30-,31-,32+,33+,34-,35+,36+,37-,38-,39+,40-,41-,42+,43+/m0/s1. The van der Waals surface area contributed by atoms with Crippen molar-refractivity contribution in [2.45, 2.75) is 195 Å². The molecular weight excluding hydrogens is 788 g/mol. The van der Waals surface area contributed by atoms with E-state index in [1.165, 1.54) is 0 Å². The summed E-state index contributed by atoms with van der Waals surface area (Å²) >= 11 is 0. The highest BCUT2D eigenvalue weighted by atomic mass is 16.8. The minimum Gasteiger partial charge on any atom is -0.394 e. The minimum absolute atomic E-state index is 0.0339. The first-order chi connectivity index (χ1) is 28.5. The number of hydrogen-bond donors (Lipinski definition) is 9. The fourth-order valence-electron chi connectivity index (χ4n) is 14.0. The van der Waals surface area contributed by atoms with Crippen LogP contribution >= 0.6 is 0 Å². The molecule has 60 heavy (non-hydrogen) atoms. The molecule has 5 aliphatic heterocycles. The van der Waals surface area contributed by atoms with E-state index in [0.717, 1.165) is 57.8 Å². The number of hydrogen-bond acceptors (Lipinski definition) is 17. The third kappa shape index (κ3) is 6.90. The quantitative estimate of drug-likeness (QED) is 0.149. The molecule has 4 saturated carbocycles. The maximum atomic E-state index is 12.8. The molecule has 5 heterocycles. The summed E-state index contributed by atoms with van der Waals surface area (Å²) in [5, 5.41) is 97.3. The molecule has 0 aromatic rings. The first-order valence-electron chi connectivity index (χ1n) is 22.7. The molecule has 5 saturated heterocycles. The average molecular weight is 859 g/mol. The largest absolute Gasteiger partial charge is 0.394 e. The van der Waals surface area contributed by atoms with E-state index in [1.54, 1.807) is 0 Å². The van der Waals surface area contributed by atoms with Gasteiger partial charge in [0, 0.05) is 17.8 Å². The fraction of sp³-hybridized carbons (Fsp3) is 1.00. The molecular formula is C43H70O17. The van der Waals surface area contributed by atoms with E-state index >= 15 is 0 Å². The van der Waals surface area contributed by atoms with Gasteiger partial charge in [0.05, 0.1) is 38.6 Å². The first kappa shape index (κ1) is 44.5. The molecule has 9 N–H and O–H groups in total. The van der Waals surface area contributed by atoms with E-state index < -0.39 is 97.9 Å². The summed E-state index contributed by atoms with van der Waals surface area (Å²) in [6.07, 6.45) is -10.9. The van der Waals surface area contributed by atoms with Crippen molar-refractivity contribution in [3.8, 4) is 0 Å². The van der Waals surface area contributed by atoms with Gasteiger partial charge >= 0.3 is 0 Å². The molecule has 9 rings (SSSR count). The van der Waals surface area contributed by atoms with Crippen molar-refractivity contribution in [3.63, 3.8) is 0 Å². The highest BCUT2D eigenvalue weighted by molar-refractivity contribution is 5.23. The zero-order valence-corrected chi connectivity index (χ0v) is 35.3. The highest BCUT2D eigenvalue weighted by Gasteiger charge is 2.76. The van der Waals surface area contributed by atoms with Gasteiger partial charge in [-0.2, -0.15) is 0 Å². The van der Waals surface area contributed by atoms with Crippen molar-refractivity contribution in [1.29, 1.82) is 0 Å². The van der Waals surface area contributed by atoms with Crippen LogP contribution in [0.5, 0.6) is 0 Å². The van der Waals surface area contributed by atoms with Gasteiger partial charge in [0.25, 0.3) is 0 Å². The zero-order chi connectivity index (χ0) is 42.7. The van der Waals surface area contributed by atoms with Crippen LogP contribution in [0, 0.1) is 46.3 Å². The summed E-state index contributed by atoms with van der Waals surface area (Å²) in [5.41, 5.74) is -1.19. The van der Waals surface area contributed by atoms with E-state index in [1.807, 2.05) is 0 Å². The predicted molar refractivity (Wildman–Crippen MR) is 205 cm³/mol. The van der Waals surface area contributed by atoms with Crippen LogP contribution in [0.25, 0.3) is 0 Å². The molecule has 4 aliphatic carbocycles. The molecule has 0 aromatic heterocycles. The van der Waals surface area contributed by atoms with E-state index in [2.05, 4.69) is 27.7 Å². The molecule has 0 aromatic carbocycles. The maximum Gasteiger partial charge on any atom is 0.187 e. The van der Waals surface area contributed by atoms with Crippen LogP contribution in [0.15, 0.2) is 0 Å². The smallest absolute Gasteiger partial charge is 0.187 e. The molecule has 17 nitrogen and oxygen atoms in total. The molecule has 344 valence electrons. The lowest BCUT2D eigenvalue weighted by Crippen LogP contribution is -2.66. The Morgan fingerprint density at radius 3 is 1.95 bits per heavy atom. The normalized spacial score (nSPS) is 59.2. The minimum atomic E-state index is -1.69. The van der Waals surface area contributed by atoms with Crippen molar-refractivity contribution >= 4 is 0 Å². The van der Waals surface area contributed by atoms with Gasteiger partial charge < -0.3 is 83.9 Å². The Morgan fingerprint density at radius 1 is 0.650 bits per heavy atom. The van der Waals surface area contributed by atoms with Crippen LogP contribution in [0.4, 0.5) is 0 Å². The van der Waals surface area contributed by atoms with Crippen molar-refractivity contribution in [2.24, 2.45) is 46.3 Å². The molecule has 17 heteroatoms. The summed E-state index contributed by atoms with van der Waals surface area (Å²) < 4.78 is 49.2. The lowest BCUT2D eigenvalue weighted by atomic mass is 9.44. The third-order valence-electron chi connectivity index (χ3n) is 17.8. The SMILES string of the molecule is C[C@H]1CC[C@@]2(OC1)O[C@H]1C[C@H]3[C@@H]4CC[C@@H]5C[C@@H](O[C@@H]6O[C@H](CO)[C@@H](O[C@@H]7OC[C@@H](O)[C@H](O)[C@H]7O)[C@H](O)[C@H]6O[C@@H]6OC[C@@H](O)[C@H](O)[C@H]6O)CC[C@]5(C)[C@H]4CC[C@]3(C)[C@@]1(O)[C@@H]2C. The van der Waals surface area contributed by atoms with Crippen LogP contribution in [0.1, 0.15) is 91.9 Å². The lowest BCUT2D eigenvalue weighted by Gasteiger charge is -2.62. The summed E-state index contributed by atoms with van der Waals surface area (Å²) in [7, 11) is 0. The zero-order valence-electron chi connectivity index (χ0n) is 35.3. The average Bonchev–Trinajstić information content (AvgIpc) is 3.58. The molecule has 0 bridgehead atoms. The summed E-state index contributed by atoms with van der Waals surface area (Å²) in [6.45, 7) is 8.41. The first-order valence-corrected chi connectivity index (χ1v) is 22.7. The van der Waals surface area contributed by atoms with Crippen LogP contribution in [-0.2, 0) is 37.9 Å². The molecule has 0 unspecified atom stereocenters. The van der Waals surface area contributed by atoms with Crippen molar-refractivity contribution < 1.29 is 83.9 Å². The Kier molecular flexibility index (Phi) is 12.1. The molecule has 25 atom stereocenters. The third-order valence-corrected chi connectivity index (χ3v) is 17.8. The van der Waals surface area contributed by atoms with Crippen LogP contribution < -0.4 is 0 Å². The van der Waals surface area contributed by atoms with E-state index in [4.69, 9.17) is 37.9 Å². The predicted octanol–water partition coefficient (Wildman–Crippen LogP) is -0.340. The molecule has 0 radical (unpaired) electrons. The monoisotopic (exact) mass is 858 g/mol. The number of aliphatic hydroxyl groups excluding tert-OH is 8. The molecule has 1 spiro atoms. The summed E-state index contributed by atoms with van der Waals surface area (Å²) in [6, 6.07) is 0. The number of rotatable bonds is 7. The fourth-order valence-corrected chi connectivity index (χ4v) is 14.0. The second-order valence-corrected chi connectivity index (χ2v) is 20.7. The van der Waals surface area contributed by atoms with Crippen molar-refractivity contribution in [3.05, 3.63) is 0 Å². The number of ether oxygens (including phenoxy) is 8. The van der Waals surface area contributed by atoms with Crippen LogP contribution in [0.2, 0.25) is 0 Å². The van der Waals surface area contributed by atoms with Crippen molar-refractivity contribution in [2.75, 3.05) is 26.4 Å². The second kappa shape index (κ2) is 16.3. The Morgan fingerprint density at radius 2 is 1.32 bits per heavy atom.